The fourth-order valence-corrected chi connectivity index (χ4v) is 5.20. The van der Waals surface area contributed by atoms with E-state index in [0.29, 0.717) is 18.7 Å². The van der Waals surface area contributed by atoms with Crippen molar-refractivity contribution in [2.24, 2.45) is 0 Å². The summed E-state index contributed by atoms with van der Waals surface area (Å²) in [6.45, 7) is 1.42. The zero-order chi connectivity index (χ0) is 20.5. The maximum atomic E-state index is 13.1. The molecule has 2 aromatic heterocycles. The first-order valence-corrected chi connectivity index (χ1v) is 11.4. The Balaban J connectivity index is 1.34. The molecule has 1 aromatic carbocycles. The van der Waals surface area contributed by atoms with Gasteiger partial charge in [-0.3, -0.25) is 14.7 Å². The number of rotatable bonds is 4. The number of fused-ring (bicyclic) bond motifs is 1. The number of hydrogen-bond acceptors (Lipinski definition) is 4. The smallest absolute Gasteiger partial charge is 0.278 e. The monoisotopic (exact) mass is 420 g/mol. The van der Waals surface area contributed by atoms with Crippen LogP contribution >= 0.6 is 11.3 Å². The van der Waals surface area contributed by atoms with Crippen molar-refractivity contribution in [3.63, 3.8) is 0 Å². The standard InChI is InChI=1S/C23H24N4O2S/c28-22(13-16-9-12-30-15-16)26-10-4-3-7-21(26)18-14-19(25-24-18)23(29)27-11-8-17-5-1-2-6-20(17)27/h1-2,5-6,9,12,14-15,21H,3-4,7-8,10-11,13H2,(H,24,25). The third-order valence-electron chi connectivity index (χ3n) is 6.07. The molecule has 0 bridgehead atoms. The molecule has 3 aromatic rings. The molecule has 7 heteroatoms. The van der Waals surface area contributed by atoms with Gasteiger partial charge < -0.3 is 9.80 Å². The number of nitrogens with zero attached hydrogens (tertiary/aromatic N) is 3. The highest BCUT2D eigenvalue weighted by Crippen LogP contribution is 2.32. The Labute approximate surface area is 179 Å². The predicted octanol–water partition coefficient (Wildman–Crippen LogP) is 3.97. The number of amides is 2. The number of benzene rings is 1. The number of piperidine rings is 1. The van der Waals surface area contributed by atoms with Crippen LogP contribution in [0.4, 0.5) is 5.69 Å². The Morgan fingerprint density at radius 3 is 2.93 bits per heavy atom. The molecule has 1 saturated heterocycles. The molecule has 1 N–H and O–H groups in total. The average molecular weight is 421 g/mol. The van der Waals surface area contributed by atoms with E-state index in [0.717, 1.165) is 49.2 Å². The first-order chi connectivity index (χ1) is 14.7. The molecule has 2 aliphatic heterocycles. The minimum atomic E-state index is -0.0885. The van der Waals surface area contributed by atoms with Gasteiger partial charge >= 0.3 is 0 Å². The lowest BCUT2D eigenvalue weighted by Crippen LogP contribution is -2.39. The van der Waals surface area contributed by atoms with Gasteiger partial charge in [-0.15, -0.1) is 0 Å². The van der Waals surface area contributed by atoms with E-state index in [2.05, 4.69) is 16.3 Å². The third kappa shape index (κ3) is 3.54. The largest absolute Gasteiger partial charge is 0.334 e. The first kappa shape index (κ1) is 19.1. The van der Waals surface area contributed by atoms with Crippen LogP contribution in [0.3, 0.4) is 0 Å². The number of aromatic nitrogens is 2. The topological polar surface area (TPSA) is 69.3 Å². The normalized spacial score (nSPS) is 18.5. The molecule has 0 saturated carbocycles. The maximum Gasteiger partial charge on any atom is 0.278 e. The Kier molecular flexibility index (Phi) is 5.12. The molecule has 2 amide bonds. The minimum absolute atomic E-state index is 0.0511. The molecule has 0 radical (unpaired) electrons. The van der Waals surface area contributed by atoms with Crippen LogP contribution in [0.2, 0.25) is 0 Å². The fraction of sp³-hybridized carbons (Fsp3) is 0.348. The second-order valence-electron chi connectivity index (χ2n) is 7.95. The summed E-state index contributed by atoms with van der Waals surface area (Å²) < 4.78 is 0. The van der Waals surface area contributed by atoms with Crippen molar-refractivity contribution in [3.8, 4) is 0 Å². The van der Waals surface area contributed by atoms with Crippen molar-refractivity contribution in [3.05, 3.63) is 69.7 Å². The van der Waals surface area contributed by atoms with Crippen molar-refractivity contribution in [1.82, 2.24) is 15.1 Å². The first-order valence-electron chi connectivity index (χ1n) is 10.5. The van der Waals surface area contributed by atoms with Gasteiger partial charge in [0.05, 0.1) is 18.2 Å². The summed E-state index contributed by atoms with van der Waals surface area (Å²) in [5.74, 6) is 0.0449. The second-order valence-corrected chi connectivity index (χ2v) is 8.73. The number of nitrogens with one attached hydrogen (secondary N) is 1. The van der Waals surface area contributed by atoms with Gasteiger partial charge in [0.2, 0.25) is 5.91 Å². The number of thiophene rings is 1. The number of anilines is 1. The van der Waals surface area contributed by atoms with E-state index < -0.39 is 0 Å². The summed E-state index contributed by atoms with van der Waals surface area (Å²) in [4.78, 5) is 29.8. The van der Waals surface area contributed by atoms with Crippen molar-refractivity contribution in [1.29, 1.82) is 0 Å². The van der Waals surface area contributed by atoms with E-state index in [1.54, 1.807) is 16.2 Å². The van der Waals surface area contributed by atoms with Gasteiger partial charge in [-0.25, -0.2) is 0 Å². The fourth-order valence-electron chi connectivity index (χ4n) is 4.53. The lowest BCUT2D eigenvalue weighted by atomic mass is 9.98. The highest BCUT2D eigenvalue weighted by Gasteiger charge is 2.31. The van der Waals surface area contributed by atoms with Crippen LogP contribution in [0.15, 0.2) is 47.2 Å². The third-order valence-corrected chi connectivity index (χ3v) is 6.80. The Morgan fingerprint density at radius 2 is 2.07 bits per heavy atom. The van der Waals surface area contributed by atoms with E-state index in [9.17, 15) is 9.59 Å². The summed E-state index contributed by atoms with van der Waals surface area (Å²) in [5.41, 5.74) is 4.49. The second kappa shape index (κ2) is 8.07. The van der Waals surface area contributed by atoms with Crippen LogP contribution in [-0.2, 0) is 17.6 Å². The van der Waals surface area contributed by atoms with Gasteiger partial charge in [0.25, 0.3) is 5.91 Å². The van der Waals surface area contributed by atoms with Gasteiger partial charge in [0, 0.05) is 18.8 Å². The number of aromatic amines is 1. The molecule has 4 heterocycles. The molecule has 6 nitrogen and oxygen atoms in total. The van der Waals surface area contributed by atoms with Crippen molar-refractivity contribution >= 4 is 28.8 Å². The lowest BCUT2D eigenvalue weighted by Gasteiger charge is -2.35. The molecule has 0 spiro atoms. The van der Waals surface area contributed by atoms with Crippen LogP contribution in [0, 0.1) is 0 Å². The number of para-hydroxylation sites is 1. The van der Waals surface area contributed by atoms with E-state index in [-0.39, 0.29) is 17.9 Å². The van der Waals surface area contributed by atoms with Crippen molar-refractivity contribution in [2.45, 2.75) is 38.1 Å². The lowest BCUT2D eigenvalue weighted by molar-refractivity contribution is -0.134. The van der Waals surface area contributed by atoms with E-state index in [1.807, 2.05) is 46.0 Å². The Bertz CT molecular complexity index is 1060. The van der Waals surface area contributed by atoms with Gasteiger partial charge in [-0.05, 0) is 65.8 Å². The summed E-state index contributed by atoms with van der Waals surface area (Å²) in [6, 6.07) is 11.8. The maximum absolute atomic E-state index is 13.1. The molecule has 1 fully saturated rings. The van der Waals surface area contributed by atoms with E-state index in [4.69, 9.17) is 0 Å². The van der Waals surface area contributed by atoms with Crippen LogP contribution in [-0.4, -0.2) is 40.0 Å². The molecule has 154 valence electrons. The van der Waals surface area contributed by atoms with Crippen molar-refractivity contribution < 1.29 is 9.59 Å². The summed E-state index contributed by atoms with van der Waals surface area (Å²) in [7, 11) is 0. The van der Waals surface area contributed by atoms with Gasteiger partial charge in [0.15, 0.2) is 5.69 Å². The van der Waals surface area contributed by atoms with Crippen molar-refractivity contribution in [2.75, 3.05) is 18.0 Å². The Morgan fingerprint density at radius 1 is 1.17 bits per heavy atom. The molecular weight excluding hydrogens is 396 g/mol. The predicted molar refractivity (Wildman–Crippen MR) is 117 cm³/mol. The van der Waals surface area contributed by atoms with Gasteiger partial charge in [0.1, 0.15) is 0 Å². The average Bonchev–Trinajstić information content (AvgIpc) is 3.53. The highest BCUT2D eigenvalue weighted by molar-refractivity contribution is 7.08. The van der Waals surface area contributed by atoms with Gasteiger partial charge in [-0.2, -0.15) is 16.4 Å². The van der Waals surface area contributed by atoms with E-state index >= 15 is 0 Å². The Hall–Kier alpha value is -2.93. The van der Waals surface area contributed by atoms with Crippen LogP contribution in [0.1, 0.15) is 52.6 Å². The molecule has 5 rings (SSSR count). The molecule has 1 atom stereocenters. The number of hydrogen-bond donors (Lipinski definition) is 1. The molecule has 30 heavy (non-hydrogen) atoms. The minimum Gasteiger partial charge on any atom is -0.334 e. The van der Waals surface area contributed by atoms with Crippen LogP contribution < -0.4 is 4.90 Å². The summed E-state index contributed by atoms with van der Waals surface area (Å²) in [5, 5.41) is 11.4. The molecule has 1 unspecified atom stereocenters. The van der Waals surface area contributed by atoms with Gasteiger partial charge in [-0.1, -0.05) is 18.2 Å². The number of carbonyl (C=O) groups excluding carboxylic acids is 2. The molecule has 0 aliphatic carbocycles. The SMILES string of the molecule is O=C(c1cc(C2CCCCN2C(=O)Cc2ccsc2)[nH]n1)N1CCc2ccccc21. The zero-order valence-corrected chi connectivity index (χ0v) is 17.5. The molecule has 2 aliphatic rings. The van der Waals surface area contributed by atoms with Crippen LogP contribution in [0.25, 0.3) is 0 Å². The number of likely N-dealkylation sites (tertiary alicyclic amines) is 1. The highest BCUT2D eigenvalue weighted by atomic mass is 32.1. The quantitative estimate of drug-likeness (QED) is 0.694. The number of carbonyl (C=O) groups is 2. The molecular formula is C23H24N4O2S. The summed E-state index contributed by atoms with van der Waals surface area (Å²) >= 11 is 1.61. The zero-order valence-electron chi connectivity index (χ0n) is 16.7. The van der Waals surface area contributed by atoms with E-state index in [1.165, 1.54) is 5.56 Å². The van der Waals surface area contributed by atoms with Crippen LogP contribution in [0.5, 0.6) is 0 Å². The number of H-pyrrole nitrogens is 1. The summed E-state index contributed by atoms with van der Waals surface area (Å²) in [6.07, 6.45) is 4.25.